The Hall–Kier alpha value is -2.17. The number of rotatable bonds is 1. The maximum Gasteiger partial charge on any atom is 0.257 e. The number of carbonyl (C=O) groups is 1. The molecule has 0 aliphatic carbocycles. The van der Waals surface area contributed by atoms with Gasteiger partial charge in [0.2, 0.25) is 0 Å². The van der Waals surface area contributed by atoms with E-state index in [1.54, 1.807) is 23.2 Å². The van der Waals surface area contributed by atoms with Gasteiger partial charge < -0.3 is 9.47 Å². The topological polar surface area (TPSA) is 38.1 Å². The van der Waals surface area contributed by atoms with Crippen LogP contribution in [-0.2, 0) is 13.1 Å². The molecule has 2 heterocycles. The van der Waals surface area contributed by atoms with Crippen molar-refractivity contribution in [3.63, 3.8) is 0 Å². The Bertz CT molecular complexity index is 593. The number of hydrogen-bond acceptors (Lipinski definition) is 2. The van der Waals surface area contributed by atoms with E-state index in [9.17, 15) is 9.18 Å². The molecule has 0 N–H and O–H groups in total. The lowest BCUT2D eigenvalue weighted by atomic mass is 10.1. The number of fused-ring (bicyclic) bond motifs is 1. The van der Waals surface area contributed by atoms with Gasteiger partial charge in [-0.05, 0) is 12.1 Å². The van der Waals surface area contributed by atoms with Crippen LogP contribution >= 0.6 is 0 Å². The molecule has 92 valence electrons. The van der Waals surface area contributed by atoms with Crippen molar-refractivity contribution in [2.24, 2.45) is 0 Å². The average Bonchev–Trinajstić information content (AvgIpc) is 2.85. The number of amides is 1. The molecule has 0 atom stereocenters. The van der Waals surface area contributed by atoms with Gasteiger partial charge in [-0.2, -0.15) is 0 Å². The standard InChI is InChI=1S/C13H12FN3O/c14-11-4-2-1-3-10(11)13(18)17-8-7-16-6-5-15-12(16)9-17/h1-6H,7-9H2. The zero-order chi connectivity index (χ0) is 12.5. The lowest BCUT2D eigenvalue weighted by Gasteiger charge is -2.27. The minimum Gasteiger partial charge on any atom is -0.332 e. The average molecular weight is 245 g/mol. The maximum atomic E-state index is 13.6. The summed E-state index contributed by atoms with van der Waals surface area (Å²) in [5, 5.41) is 0. The molecule has 3 rings (SSSR count). The Balaban J connectivity index is 1.85. The van der Waals surface area contributed by atoms with Gasteiger partial charge in [-0.1, -0.05) is 12.1 Å². The second-order valence-corrected chi connectivity index (χ2v) is 4.24. The number of imidazole rings is 1. The van der Waals surface area contributed by atoms with Crippen LogP contribution in [0.1, 0.15) is 16.2 Å². The summed E-state index contributed by atoms with van der Waals surface area (Å²) in [5.74, 6) is 0.0877. The molecule has 1 amide bonds. The summed E-state index contributed by atoms with van der Waals surface area (Å²) >= 11 is 0. The molecule has 0 unspecified atom stereocenters. The van der Waals surface area contributed by atoms with E-state index in [2.05, 4.69) is 4.98 Å². The summed E-state index contributed by atoms with van der Waals surface area (Å²) in [4.78, 5) is 18.0. The summed E-state index contributed by atoms with van der Waals surface area (Å²) in [7, 11) is 0. The largest absolute Gasteiger partial charge is 0.332 e. The van der Waals surface area contributed by atoms with E-state index in [0.717, 1.165) is 5.82 Å². The predicted molar refractivity (Wildman–Crippen MR) is 63.4 cm³/mol. The van der Waals surface area contributed by atoms with Crippen LogP contribution in [0.3, 0.4) is 0 Å². The molecule has 4 nitrogen and oxygen atoms in total. The molecule has 1 aromatic carbocycles. The molecular formula is C13H12FN3O. The van der Waals surface area contributed by atoms with Crippen LogP contribution in [-0.4, -0.2) is 26.9 Å². The van der Waals surface area contributed by atoms with E-state index < -0.39 is 5.82 Å². The quantitative estimate of drug-likeness (QED) is 0.766. The zero-order valence-corrected chi connectivity index (χ0v) is 9.71. The molecule has 0 saturated heterocycles. The Labute approximate surface area is 104 Å². The third kappa shape index (κ3) is 1.77. The molecule has 18 heavy (non-hydrogen) atoms. The monoisotopic (exact) mass is 245 g/mol. The first-order valence-electron chi connectivity index (χ1n) is 5.79. The van der Waals surface area contributed by atoms with Gasteiger partial charge in [-0.15, -0.1) is 0 Å². The van der Waals surface area contributed by atoms with E-state index in [1.807, 2.05) is 10.8 Å². The zero-order valence-electron chi connectivity index (χ0n) is 9.71. The highest BCUT2D eigenvalue weighted by Crippen LogP contribution is 2.15. The highest BCUT2D eigenvalue weighted by molar-refractivity contribution is 5.94. The van der Waals surface area contributed by atoms with Gasteiger partial charge in [0.25, 0.3) is 5.91 Å². The molecular weight excluding hydrogens is 233 g/mol. The molecule has 0 radical (unpaired) electrons. The fourth-order valence-electron chi connectivity index (χ4n) is 2.15. The smallest absolute Gasteiger partial charge is 0.257 e. The third-order valence-corrected chi connectivity index (χ3v) is 3.14. The summed E-state index contributed by atoms with van der Waals surface area (Å²) in [6.45, 7) is 1.71. The van der Waals surface area contributed by atoms with E-state index in [1.165, 1.54) is 12.1 Å². The normalized spacial score (nSPS) is 14.4. The van der Waals surface area contributed by atoms with Crippen molar-refractivity contribution in [1.82, 2.24) is 14.5 Å². The Morgan fingerprint density at radius 1 is 1.28 bits per heavy atom. The van der Waals surface area contributed by atoms with Gasteiger partial charge in [0.1, 0.15) is 11.6 Å². The molecule has 0 spiro atoms. The molecule has 1 aromatic heterocycles. The number of carbonyl (C=O) groups excluding carboxylic acids is 1. The van der Waals surface area contributed by atoms with Crippen LogP contribution in [0.2, 0.25) is 0 Å². The van der Waals surface area contributed by atoms with Crippen molar-refractivity contribution in [3.8, 4) is 0 Å². The summed E-state index contributed by atoms with van der Waals surface area (Å²) in [5.41, 5.74) is 0.123. The van der Waals surface area contributed by atoms with Crippen molar-refractivity contribution >= 4 is 5.91 Å². The van der Waals surface area contributed by atoms with Gasteiger partial charge >= 0.3 is 0 Å². The number of hydrogen-bond donors (Lipinski definition) is 0. The maximum absolute atomic E-state index is 13.6. The number of halogens is 1. The molecule has 1 aliphatic heterocycles. The molecule has 0 saturated carbocycles. The van der Waals surface area contributed by atoms with Gasteiger partial charge in [0.05, 0.1) is 12.1 Å². The summed E-state index contributed by atoms with van der Waals surface area (Å²) in [6.07, 6.45) is 3.60. The molecule has 0 fully saturated rings. The van der Waals surface area contributed by atoms with Crippen LogP contribution in [0.4, 0.5) is 4.39 Å². The van der Waals surface area contributed by atoms with Crippen LogP contribution in [0, 0.1) is 5.82 Å². The van der Waals surface area contributed by atoms with Crippen molar-refractivity contribution in [2.75, 3.05) is 6.54 Å². The van der Waals surface area contributed by atoms with Crippen molar-refractivity contribution in [2.45, 2.75) is 13.1 Å². The number of nitrogens with zero attached hydrogens (tertiary/aromatic N) is 3. The van der Waals surface area contributed by atoms with E-state index >= 15 is 0 Å². The second-order valence-electron chi connectivity index (χ2n) is 4.24. The fourth-order valence-corrected chi connectivity index (χ4v) is 2.15. The Morgan fingerprint density at radius 3 is 2.94 bits per heavy atom. The molecule has 0 bridgehead atoms. The lowest BCUT2D eigenvalue weighted by Crippen LogP contribution is -2.38. The fraction of sp³-hybridized carbons (Fsp3) is 0.231. The van der Waals surface area contributed by atoms with Gasteiger partial charge in [0.15, 0.2) is 0 Å². The van der Waals surface area contributed by atoms with E-state index in [0.29, 0.717) is 19.6 Å². The van der Waals surface area contributed by atoms with Crippen molar-refractivity contribution < 1.29 is 9.18 Å². The van der Waals surface area contributed by atoms with Crippen LogP contribution in [0.25, 0.3) is 0 Å². The predicted octanol–water partition coefficient (Wildman–Crippen LogP) is 1.68. The Morgan fingerprint density at radius 2 is 2.11 bits per heavy atom. The van der Waals surface area contributed by atoms with Crippen molar-refractivity contribution in [3.05, 3.63) is 53.9 Å². The summed E-state index contributed by atoms with van der Waals surface area (Å²) < 4.78 is 15.6. The number of benzene rings is 1. The first-order chi connectivity index (χ1) is 8.75. The first-order valence-corrected chi connectivity index (χ1v) is 5.79. The minimum atomic E-state index is -0.476. The second kappa shape index (κ2) is 4.25. The van der Waals surface area contributed by atoms with Gasteiger partial charge in [0, 0.05) is 25.5 Å². The highest BCUT2D eigenvalue weighted by Gasteiger charge is 2.23. The first kappa shape index (κ1) is 11.0. The molecule has 2 aromatic rings. The van der Waals surface area contributed by atoms with Crippen molar-refractivity contribution in [1.29, 1.82) is 0 Å². The molecule has 1 aliphatic rings. The van der Waals surface area contributed by atoms with E-state index in [4.69, 9.17) is 0 Å². The van der Waals surface area contributed by atoms with Gasteiger partial charge in [-0.25, -0.2) is 9.37 Å². The molecule has 5 heteroatoms. The summed E-state index contributed by atoms with van der Waals surface area (Å²) in [6, 6.07) is 6.06. The van der Waals surface area contributed by atoms with E-state index in [-0.39, 0.29) is 11.5 Å². The van der Waals surface area contributed by atoms with Crippen LogP contribution in [0.15, 0.2) is 36.7 Å². The third-order valence-electron chi connectivity index (χ3n) is 3.14. The van der Waals surface area contributed by atoms with Crippen LogP contribution in [0.5, 0.6) is 0 Å². The van der Waals surface area contributed by atoms with Gasteiger partial charge in [-0.3, -0.25) is 4.79 Å². The Kier molecular flexibility index (Phi) is 2.59. The van der Waals surface area contributed by atoms with Crippen LogP contribution < -0.4 is 0 Å². The minimum absolute atomic E-state index is 0.123. The lowest BCUT2D eigenvalue weighted by molar-refractivity contribution is 0.0703. The number of aromatic nitrogens is 2. The SMILES string of the molecule is O=C(c1ccccc1F)N1CCn2ccnc2C1. The highest BCUT2D eigenvalue weighted by atomic mass is 19.1.